The first-order valence-electron chi connectivity index (χ1n) is 4.93. The fraction of sp³-hybridized carbons (Fsp3) is 1.00. The summed E-state index contributed by atoms with van der Waals surface area (Å²) in [6, 6.07) is 0.514. The van der Waals surface area contributed by atoms with Crippen molar-refractivity contribution in [2.75, 3.05) is 26.2 Å². The van der Waals surface area contributed by atoms with E-state index >= 15 is 0 Å². The Balaban J connectivity index is 2.39. The SMILES string of the molecule is NCC1CCCCCN1CCO. The molecule has 1 atom stereocenters. The van der Waals surface area contributed by atoms with Crippen molar-refractivity contribution in [3.05, 3.63) is 0 Å². The van der Waals surface area contributed by atoms with Gasteiger partial charge in [0.25, 0.3) is 0 Å². The Hall–Kier alpha value is -0.120. The Morgan fingerprint density at radius 2 is 2.17 bits per heavy atom. The van der Waals surface area contributed by atoms with Gasteiger partial charge < -0.3 is 10.8 Å². The number of nitrogens with zero attached hydrogens (tertiary/aromatic N) is 1. The summed E-state index contributed by atoms with van der Waals surface area (Å²) in [7, 11) is 0. The molecule has 0 aromatic carbocycles. The fourth-order valence-electron chi connectivity index (χ4n) is 1.93. The van der Waals surface area contributed by atoms with Gasteiger partial charge in [-0.1, -0.05) is 12.8 Å². The lowest BCUT2D eigenvalue weighted by molar-refractivity contribution is 0.156. The highest BCUT2D eigenvalue weighted by Gasteiger charge is 2.18. The summed E-state index contributed by atoms with van der Waals surface area (Å²) >= 11 is 0. The smallest absolute Gasteiger partial charge is 0.0558 e. The molecule has 1 fully saturated rings. The molecular weight excluding hydrogens is 152 g/mol. The number of likely N-dealkylation sites (tertiary alicyclic amines) is 1. The topological polar surface area (TPSA) is 49.5 Å². The molecule has 72 valence electrons. The molecule has 0 spiro atoms. The highest BCUT2D eigenvalue weighted by Crippen LogP contribution is 2.15. The molecule has 1 saturated heterocycles. The van der Waals surface area contributed by atoms with Crippen LogP contribution in [0.3, 0.4) is 0 Å². The minimum atomic E-state index is 0.260. The Morgan fingerprint density at radius 3 is 2.83 bits per heavy atom. The van der Waals surface area contributed by atoms with E-state index in [1.807, 2.05) is 0 Å². The van der Waals surface area contributed by atoms with Crippen molar-refractivity contribution in [1.82, 2.24) is 4.90 Å². The molecule has 1 aliphatic heterocycles. The normalized spacial score (nSPS) is 27.0. The zero-order valence-electron chi connectivity index (χ0n) is 7.71. The fourth-order valence-corrected chi connectivity index (χ4v) is 1.93. The summed E-state index contributed by atoms with van der Waals surface area (Å²) in [5.74, 6) is 0. The van der Waals surface area contributed by atoms with Crippen molar-refractivity contribution in [3.63, 3.8) is 0 Å². The average Bonchev–Trinajstić information content (AvgIpc) is 2.30. The van der Waals surface area contributed by atoms with Crippen LogP contribution in [0.25, 0.3) is 0 Å². The third-order valence-corrected chi connectivity index (χ3v) is 2.66. The Morgan fingerprint density at radius 1 is 1.33 bits per heavy atom. The van der Waals surface area contributed by atoms with Crippen LogP contribution in [0.2, 0.25) is 0 Å². The lowest BCUT2D eigenvalue weighted by Gasteiger charge is -2.27. The third-order valence-electron chi connectivity index (χ3n) is 2.66. The van der Waals surface area contributed by atoms with E-state index in [0.717, 1.165) is 19.6 Å². The summed E-state index contributed by atoms with van der Waals surface area (Å²) in [5, 5.41) is 8.84. The molecule has 0 saturated carbocycles. The van der Waals surface area contributed by atoms with E-state index in [9.17, 15) is 0 Å². The summed E-state index contributed by atoms with van der Waals surface area (Å²) in [6.07, 6.45) is 5.08. The molecule has 0 aromatic rings. The van der Waals surface area contributed by atoms with Crippen LogP contribution < -0.4 is 5.73 Å². The zero-order chi connectivity index (χ0) is 8.81. The maximum atomic E-state index is 8.84. The van der Waals surface area contributed by atoms with Crippen molar-refractivity contribution >= 4 is 0 Å². The third kappa shape index (κ3) is 2.73. The van der Waals surface area contributed by atoms with Gasteiger partial charge in [-0.3, -0.25) is 4.90 Å². The Bertz CT molecular complexity index is 119. The van der Waals surface area contributed by atoms with Crippen LogP contribution in [0, 0.1) is 0 Å². The van der Waals surface area contributed by atoms with Gasteiger partial charge in [0.05, 0.1) is 6.61 Å². The van der Waals surface area contributed by atoms with E-state index in [-0.39, 0.29) is 6.61 Å². The first-order chi connectivity index (χ1) is 5.88. The van der Waals surface area contributed by atoms with Crippen molar-refractivity contribution in [3.8, 4) is 0 Å². The second kappa shape index (κ2) is 5.51. The van der Waals surface area contributed by atoms with Crippen LogP contribution in [-0.2, 0) is 0 Å². The average molecular weight is 172 g/mol. The van der Waals surface area contributed by atoms with Crippen LogP contribution in [0.4, 0.5) is 0 Å². The number of hydrogen-bond acceptors (Lipinski definition) is 3. The van der Waals surface area contributed by atoms with Crippen LogP contribution in [-0.4, -0.2) is 42.3 Å². The predicted molar refractivity (Wildman–Crippen MR) is 50.0 cm³/mol. The predicted octanol–water partition coefficient (Wildman–Crippen LogP) is 0.182. The molecule has 12 heavy (non-hydrogen) atoms. The molecule has 3 N–H and O–H groups in total. The first-order valence-corrected chi connectivity index (χ1v) is 4.93. The maximum Gasteiger partial charge on any atom is 0.0558 e. The summed E-state index contributed by atoms with van der Waals surface area (Å²) in [5.41, 5.74) is 5.67. The zero-order valence-corrected chi connectivity index (χ0v) is 7.71. The largest absolute Gasteiger partial charge is 0.395 e. The molecule has 0 bridgehead atoms. The van der Waals surface area contributed by atoms with Gasteiger partial charge in [0.15, 0.2) is 0 Å². The van der Waals surface area contributed by atoms with E-state index in [0.29, 0.717) is 6.04 Å². The van der Waals surface area contributed by atoms with E-state index in [2.05, 4.69) is 4.90 Å². The number of aliphatic hydroxyl groups excluding tert-OH is 1. The highest BCUT2D eigenvalue weighted by atomic mass is 16.3. The van der Waals surface area contributed by atoms with Gasteiger partial charge in [-0.25, -0.2) is 0 Å². The van der Waals surface area contributed by atoms with Gasteiger partial charge in [-0.2, -0.15) is 0 Å². The lowest BCUT2D eigenvalue weighted by atomic mass is 10.1. The molecule has 1 rings (SSSR count). The van der Waals surface area contributed by atoms with E-state index < -0.39 is 0 Å². The summed E-state index contributed by atoms with van der Waals surface area (Å²) in [4.78, 5) is 2.33. The van der Waals surface area contributed by atoms with Gasteiger partial charge in [-0.15, -0.1) is 0 Å². The van der Waals surface area contributed by atoms with Crippen molar-refractivity contribution < 1.29 is 5.11 Å². The van der Waals surface area contributed by atoms with Crippen LogP contribution in [0.5, 0.6) is 0 Å². The molecule has 3 heteroatoms. The number of aliphatic hydroxyl groups is 1. The molecule has 0 radical (unpaired) electrons. The van der Waals surface area contributed by atoms with Gasteiger partial charge >= 0.3 is 0 Å². The van der Waals surface area contributed by atoms with Crippen LogP contribution in [0.1, 0.15) is 25.7 Å². The van der Waals surface area contributed by atoms with Gasteiger partial charge in [-0.05, 0) is 19.4 Å². The van der Waals surface area contributed by atoms with Crippen LogP contribution in [0.15, 0.2) is 0 Å². The van der Waals surface area contributed by atoms with Crippen LogP contribution >= 0.6 is 0 Å². The second-order valence-corrected chi connectivity index (χ2v) is 3.50. The van der Waals surface area contributed by atoms with Crippen molar-refractivity contribution in [1.29, 1.82) is 0 Å². The number of β-amino-alcohol motifs (C(OH)–C–C–N with tert-alkyl or cyclic N) is 1. The molecular formula is C9H20N2O. The molecule has 1 heterocycles. The van der Waals surface area contributed by atoms with Crippen molar-refractivity contribution in [2.24, 2.45) is 5.73 Å². The van der Waals surface area contributed by atoms with E-state index in [1.165, 1.54) is 25.7 Å². The van der Waals surface area contributed by atoms with Gasteiger partial charge in [0.1, 0.15) is 0 Å². The molecule has 0 aliphatic carbocycles. The quantitative estimate of drug-likeness (QED) is 0.638. The molecule has 3 nitrogen and oxygen atoms in total. The molecule has 1 aliphatic rings. The minimum Gasteiger partial charge on any atom is -0.395 e. The standard InChI is InChI=1S/C9H20N2O/c10-8-9-4-2-1-3-5-11(9)6-7-12/h9,12H,1-8,10H2. The van der Waals surface area contributed by atoms with Gasteiger partial charge in [0.2, 0.25) is 0 Å². The molecule has 1 unspecified atom stereocenters. The first kappa shape index (κ1) is 9.96. The number of hydrogen-bond donors (Lipinski definition) is 2. The highest BCUT2D eigenvalue weighted by molar-refractivity contribution is 4.75. The Kier molecular flexibility index (Phi) is 4.58. The summed E-state index contributed by atoms with van der Waals surface area (Å²) in [6.45, 7) is 2.90. The van der Waals surface area contributed by atoms with E-state index in [4.69, 9.17) is 10.8 Å². The lowest BCUT2D eigenvalue weighted by Crippen LogP contribution is -2.41. The summed E-state index contributed by atoms with van der Waals surface area (Å²) < 4.78 is 0. The number of rotatable bonds is 3. The van der Waals surface area contributed by atoms with E-state index in [1.54, 1.807) is 0 Å². The second-order valence-electron chi connectivity index (χ2n) is 3.50. The molecule has 0 aromatic heterocycles. The Labute approximate surface area is 74.5 Å². The molecule has 0 amide bonds. The van der Waals surface area contributed by atoms with Crippen molar-refractivity contribution in [2.45, 2.75) is 31.7 Å². The number of nitrogens with two attached hydrogens (primary N) is 1. The monoisotopic (exact) mass is 172 g/mol. The minimum absolute atomic E-state index is 0.260. The van der Waals surface area contributed by atoms with Gasteiger partial charge in [0, 0.05) is 19.1 Å². The maximum absolute atomic E-state index is 8.84.